The third-order valence-electron chi connectivity index (χ3n) is 5.91. The lowest BCUT2D eigenvalue weighted by atomic mass is 9.77. The van der Waals surface area contributed by atoms with E-state index in [9.17, 15) is 23.1 Å². The van der Waals surface area contributed by atoms with Gasteiger partial charge in [0.2, 0.25) is 5.91 Å². The lowest BCUT2D eigenvalue weighted by Crippen LogP contribution is -2.59. The summed E-state index contributed by atoms with van der Waals surface area (Å²) in [5, 5.41) is 16.9. The van der Waals surface area contributed by atoms with Gasteiger partial charge in [0, 0.05) is 18.1 Å². The first-order valence-electron chi connectivity index (χ1n) is 9.87. The second kappa shape index (κ2) is 7.25. The van der Waals surface area contributed by atoms with E-state index in [1.165, 1.54) is 12.3 Å². The molecule has 1 saturated heterocycles. The van der Waals surface area contributed by atoms with Gasteiger partial charge in [-0.05, 0) is 55.3 Å². The van der Waals surface area contributed by atoms with Gasteiger partial charge in [0.25, 0.3) is 0 Å². The minimum Gasteiger partial charge on any atom is -0.383 e. The number of halogens is 3. The van der Waals surface area contributed by atoms with Gasteiger partial charge in [-0.15, -0.1) is 0 Å². The fraction of sp³-hybridized carbons (Fsp3) is 0.524. The second-order valence-corrected chi connectivity index (χ2v) is 8.35. The average Bonchev–Trinajstić information content (AvgIpc) is 3.51. The van der Waals surface area contributed by atoms with Crippen molar-refractivity contribution in [2.24, 2.45) is 11.8 Å². The van der Waals surface area contributed by atoms with Crippen LogP contribution in [-0.2, 0) is 16.5 Å². The number of fused-ring (bicyclic) bond motifs is 1. The van der Waals surface area contributed by atoms with Crippen molar-refractivity contribution in [3.8, 4) is 0 Å². The van der Waals surface area contributed by atoms with E-state index in [0.29, 0.717) is 23.9 Å². The highest BCUT2D eigenvalue weighted by atomic mass is 19.4. The fourth-order valence-corrected chi connectivity index (χ4v) is 4.39. The largest absolute Gasteiger partial charge is 0.418 e. The predicted octanol–water partition coefficient (Wildman–Crippen LogP) is 2.97. The molecule has 1 aliphatic carbocycles. The molecular formula is C21H24F3N3O2. The van der Waals surface area contributed by atoms with Crippen LogP contribution in [0.3, 0.4) is 0 Å². The molecule has 1 aliphatic heterocycles. The van der Waals surface area contributed by atoms with Crippen LogP contribution in [0.1, 0.15) is 37.3 Å². The van der Waals surface area contributed by atoms with Crippen molar-refractivity contribution < 1.29 is 23.1 Å². The highest BCUT2D eigenvalue weighted by molar-refractivity contribution is 5.88. The molecule has 0 unspecified atom stereocenters. The maximum absolute atomic E-state index is 13.5. The zero-order valence-electron chi connectivity index (χ0n) is 16.1. The minimum atomic E-state index is -4.53. The summed E-state index contributed by atoms with van der Waals surface area (Å²) in [5.41, 5.74) is -1.26. The number of amides is 1. The van der Waals surface area contributed by atoms with Gasteiger partial charge < -0.3 is 15.7 Å². The van der Waals surface area contributed by atoms with Crippen LogP contribution in [0.25, 0.3) is 10.9 Å². The summed E-state index contributed by atoms with van der Waals surface area (Å²) in [6.45, 7) is 3.14. The molecule has 2 heterocycles. The number of pyridine rings is 1. The standard InChI is InChI=1S/C21H24F3N3O2/c1-12-9-20(11-25-10-12,27-19(29)18(28)13-4-5-13)15-6-7-16(21(22,23)24)17-14(15)3-2-8-26-17/h2-3,6-8,12-13,18,25,28H,4-5,9-11H2,1H3,(H,27,29)/t12-,18+,20-/m0/s1. The molecule has 1 aromatic carbocycles. The van der Waals surface area contributed by atoms with Crippen molar-refractivity contribution in [1.29, 1.82) is 0 Å². The number of carbonyl (C=O) groups excluding carboxylic acids is 1. The van der Waals surface area contributed by atoms with E-state index >= 15 is 0 Å². The quantitative estimate of drug-likeness (QED) is 0.729. The van der Waals surface area contributed by atoms with Gasteiger partial charge in [0.15, 0.2) is 0 Å². The number of hydrogen-bond acceptors (Lipinski definition) is 4. The lowest BCUT2D eigenvalue weighted by molar-refractivity contribution is -0.136. The van der Waals surface area contributed by atoms with Crippen LogP contribution in [0.5, 0.6) is 0 Å². The van der Waals surface area contributed by atoms with Crippen LogP contribution in [0.15, 0.2) is 30.5 Å². The van der Waals surface area contributed by atoms with Crippen LogP contribution >= 0.6 is 0 Å². The van der Waals surface area contributed by atoms with Crippen molar-refractivity contribution >= 4 is 16.8 Å². The molecular weight excluding hydrogens is 383 g/mol. The van der Waals surface area contributed by atoms with Crippen LogP contribution in [-0.4, -0.2) is 35.2 Å². The number of nitrogens with one attached hydrogen (secondary N) is 2. The van der Waals surface area contributed by atoms with Crippen molar-refractivity contribution in [2.75, 3.05) is 13.1 Å². The molecule has 2 aliphatic rings. The molecule has 4 rings (SSSR count). The Balaban J connectivity index is 1.83. The molecule has 3 N–H and O–H groups in total. The molecule has 1 saturated carbocycles. The Morgan fingerprint density at radius 1 is 1.34 bits per heavy atom. The summed E-state index contributed by atoms with van der Waals surface area (Å²) in [5.74, 6) is -0.316. The molecule has 156 valence electrons. The first-order chi connectivity index (χ1) is 13.7. The number of hydrogen-bond donors (Lipinski definition) is 3. The third-order valence-corrected chi connectivity index (χ3v) is 5.91. The molecule has 1 aromatic heterocycles. The molecule has 3 atom stereocenters. The molecule has 0 bridgehead atoms. The predicted molar refractivity (Wildman–Crippen MR) is 102 cm³/mol. The third kappa shape index (κ3) is 3.83. The van der Waals surface area contributed by atoms with Gasteiger partial charge >= 0.3 is 6.18 Å². The molecule has 0 spiro atoms. The van der Waals surface area contributed by atoms with Crippen LogP contribution in [0.2, 0.25) is 0 Å². The average molecular weight is 407 g/mol. The number of nitrogens with zero attached hydrogens (tertiary/aromatic N) is 1. The van der Waals surface area contributed by atoms with Gasteiger partial charge in [-0.2, -0.15) is 13.2 Å². The van der Waals surface area contributed by atoms with Crippen LogP contribution in [0, 0.1) is 11.8 Å². The number of carbonyl (C=O) groups is 1. The van der Waals surface area contributed by atoms with Crippen molar-refractivity contribution in [2.45, 2.75) is 44.0 Å². The van der Waals surface area contributed by atoms with E-state index in [-0.39, 0.29) is 17.4 Å². The maximum atomic E-state index is 13.5. The molecule has 2 aromatic rings. The number of rotatable bonds is 4. The first-order valence-corrected chi connectivity index (χ1v) is 9.87. The van der Waals surface area contributed by atoms with Gasteiger partial charge in [-0.25, -0.2) is 0 Å². The van der Waals surface area contributed by atoms with E-state index in [1.807, 2.05) is 6.92 Å². The highest BCUT2D eigenvalue weighted by Gasteiger charge is 2.44. The van der Waals surface area contributed by atoms with Gasteiger partial charge in [0.1, 0.15) is 6.10 Å². The van der Waals surface area contributed by atoms with E-state index < -0.39 is 29.3 Å². The summed E-state index contributed by atoms with van der Waals surface area (Å²) in [4.78, 5) is 16.8. The van der Waals surface area contributed by atoms with Crippen molar-refractivity contribution in [1.82, 2.24) is 15.6 Å². The van der Waals surface area contributed by atoms with Crippen LogP contribution in [0.4, 0.5) is 13.2 Å². The molecule has 1 amide bonds. The SMILES string of the molecule is C[C@@H]1CNC[C@](NC(=O)[C@H](O)C2CC2)(c2ccc(C(F)(F)F)c3ncccc23)C1. The Kier molecular flexibility index (Phi) is 5.02. The van der Waals surface area contributed by atoms with Crippen LogP contribution < -0.4 is 10.6 Å². The fourth-order valence-electron chi connectivity index (χ4n) is 4.39. The maximum Gasteiger partial charge on any atom is 0.418 e. The Labute approximate surface area is 166 Å². The van der Waals surface area contributed by atoms with E-state index in [1.54, 1.807) is 12.1 Å². The molecule has 29 heavy (non-hydrogen) atoms. The van der Waals surface area contributed by atoms with E-state index in [0.717, 1.165) is 25.5 Å². The first kappa shape index (κ1) is 20.1. The second-order valence-electron chi connectivity index (χ2n) is 8.35. The highest BCUT2D eigenvalue weighted by Crippen LogP contribution is 2.41. The zero-order valence-corrected chi connectivity index (χ0v) is 16.1. The Bertz CT molecular complexity index is 929. The summed E-state index contributed by atoms with van der Waals surface area (Å²) >= 11 is 0. The van der Waals surface area contributed by atoms with Crippen molar-refractivity contribution in [3.63, 3.8) is 0 Å². The van der Waals surface area contributed by atoms with Gasteiger partial charge in [0.05, 0.1) is 16.6 Å². The van der Waals surface area contributed by atoms with Gasteiger partial charge in [-0.1, -0.05) is 19.1 Å². The number of aliphatic hydroxyl groups excluding tert-OH is 1. The topological polar surface area (TPSA) is 74.2 Å². The summed E-state index contributed by atoms with van der Waals surface area (Å²) in [7, 11) is 0. The number of aliphatic hydroxyl groups is 1. The van der Waals surface area contributed by atoms with E-state index in [4.69, 9.17) is 0 Å². The Morgan fingerprint density at radius 3 is 2.76 bits per heavy atom. The van der Waals surface area contributed by atoms with Crippen molar-refractivity contribution in [3.05, 3.63) is 41.6 Å². The monoisotopic (exact) mass is 407 g/mol. The number of alkyl halides is 3. The van der Waals surface area contributed by atoms with E-state index in [2.05, 4.69) is 15.6 Å². The Hall–Kier alpha value is -2.19. The van der Waals surface area contributed by atoms with Gasteiger partial charge in [-0.3, -0.25) is 9.78 Å². The molecule has 2 fully saturated rings. The molecule has 5 nitrogen and oxygen atoms in total. The number of benzene rings is 1. The zero-order chi connectivity index (χ0) is 20.8. The minimum absolute atomic E-state index is 0.0351. The lowest BCUT2D eigenvalue weighted by Gasteiger charge is -2.42. The number of piperidine rings is 1. The number of aromatic nitrogens is 1. The summed E-state index contributed by atoms with van der Waals surface area (Å²) in [6, 6.07) is 5.68. The normalized spacial score (nSPS) is 26.3. The summed E-state index contributed by atoms with van der Waals surface area (Å²) in [6.07, 6.45) is -2.11. The smallest absolute Gasteiger partial charge is 0.383 e. The summed E-state index contributed by atoms with van der Waals surface area (Å²) < 4.78 is 40.5. The molecule has 0 radical (unpaired) electrons. The Morgan fingerprint density at radius 2 is 2.10 bits per heavy atom. The molecule has 8 heteroatoms.